The van der Waals surface area contributed by atoms with Crippen molar-refractivity contribution < 1.29 is 4.79 Å². The van der Waals surface area contributed by atoms with Crippen LogP contribution < -0.4 is 0 Å². The molecule has 0 atom stereocenters. The molecule has 0 saturated carbocycles. The summed E-state index contributed by atoms with van der Waals surface area (Å²) in [5.41, 5.74) is 2.34. The van der Waals surface area contributed by atoms with Gasteiger partial charge in [-0.1, -0.05) is 6.92 Å². The Hall–Kier alpha value is -1.25. The molecule has 0 fully saturated rings. The van der Waals surface area contributed by atoms with E-state index in [1.54, 1.807) is 6.21 Å². The fraction of sp³-hybridized carbons (Fsp3) is 0.583. The van der Waals surface area contributed by atoms with E-state index >= 15 is 0 Å². The minimum atomic E-state index is 0.00542. The molecule has 0 N–H and O–H groups in total. The topological polar surface area (TPSA) is 41.8 Å². The summed E-state index contributed by atoms with van der Waals surface area (Å²) in [7, 11) is 0. The lowest BCUT2D eigenvalue weighted by Crippen LogP contribution is -2.04. The van der Waals surface area contributed by atoms with Gasteiger partial charge in [-0.15, -0.1) is 0 Å². The summed E-state index contributed by atoms with van der Waals surface area (Å²) in [6.07, 6.45) is 2.53. The first-order valence-corrected chi connectivity index (χ1v) is 5.28. The van der Waals surface area contributed by atoms with Crippen LogP contribution in [0, 0.1) is 0 Å². The summed E-state index contributed by atoms with van der Waals surface area (Å²) >= 11 is 0. The summed E-state index contributed by atoms with van der Waals surface area (Å²) in [5.74, 6) is 0.00542. The largest absolute Gasteiger partial charge is 0.293 e. The van der Waals surface area contributed by atoms with Gasteiger partial charge in [0.15, 0.2) is 5.78 Å². The van der Waals surface area contributed by atoms with E-state index in [1.165, 1.54) is 6.92 Å². The highest BCUT2D eigenvalue weighted by Crippen LogP contribution is 2.07. The molecule has 0 heterocycles. The maximum Gasteiger partial charge on any atom is 0.178 e. The lowest BCUT2D eigenvalue weighted by molar-refractivity contribution is -0.113. The second-order valence-corrected chi connectivity index (χ2v) is 3.49. The zero-order valence-corrected chi connectivity index (χ0v) is 10.3. The number of hydrogen-bond donors (Lipinski definition) is 0. The smallest absolute Gasteiger partial charge is 0.178 e. The van der Waals surface area contributed by atoms with E-state index in [0.29, 0.717) is 5.70 Å². The van der Waals surface area contributed by atoms with Crippen LogP contribution in [-0.2, 0) is 4.79 Å². The quantitative estimate of drug-likeness (QED) is 0.506. The van der Waals surface area contributed by atoms with E-state index in [1.807, 2.05) is 27.7 Å². The Morgan fingerprint density at radius 3 is 2.13 bits per heavy atom. The zero-order chi connectivity index (χ0) is 11.8. The first-order valence-electron chi connectivity index (χ1n) is 5.28. The number of allylic oxidation sites excluding steroid dienone is 2. The van der Waals surface area contributed by atoms with E-state index in [9.17, 15) is 4.79 Å². The van der Waals surface area contributed by atoms with Gasteiger partial charge in [0, 0.05) is 19.7 Å². The third-order valence-corrected chi connectivity index (χ3v) is 1.85. The Bertz CT molecular complexity index is 308. The highest BCUT2D eigenvalue weighted by molar-refractivity contribution is 6.31. The number of aliphatic imine (C=N–C) groups is 2. The first-order chi connectivity index (χ1) is 7.02. The number of Topliss-reactive ketones (excluding diaryl/α,β-unsaturated/α-hetero) is 1. The molecule has 0 spiro atoms. The van der Waals surface area contributed by atoms with Gasteiger partial charge in [-0.05, 0) is 32.8 Å². The molecule has 0 aliphatic heterocycles. The summed E-state index contributed by atoms with van der Waals surface area (Å²) < 4.78 is 0. The molecule has 0 saturated heterocycles. The number of rotatable bonds is 5. The minimum Gasteiger partial charge on any atom is -0.293 e. The summed E-state index contributed by atoms with van der Waals surface area (Å²) in [5, 5.41) is 0. The van der Waals surface area contributed by atoms with Crippen LogP contribution in [0.3, 0.4) is 0 Å². The van der Waals surface area contributed by atoms with Crippen molar-refractivity contribution in [3.8, 4) is 0 Å². The van der Waals surface area contributed by atoms with Crippen LogP contribution in [0.4, 0.5) is 0 Å². The van der Waals surface area contributed by atoms with Crippen molar-refractivity contribution in [2.45, 2.75) is 41.0 Å². The molecular weight excluding hydrogens is 188 g/mol. The predicted octanol–water partition coefficient (Wildman–Crippen LogP) is 2.81. The summed E-state index contributed by atoms with van der Waals surface area (Å²) in [6.45, 7) is 10.0. The molecule has 0 aromatic heterocycles. The molecule has 0 bridgehead atoms. The van der Waals surface area contributed by atoms with Crippen LogP contribution in [0.15, 0.2) is 21.3 Å². The highest BCUT2D eigenvalue weighted by Gasteiger charge is 2.04. The Labute approximate surface area is 92.0 Å². The average Bonchev–Trinajstić information content (AvgIpc) is 2.17. The van der Waals surface area contributed by atoms with Crippen molar-refractivity contribution >= 4 is 17.7 Å². The number of carbonyl (C=O) groups excluding carboxylic acids is 1. The third kappa shape index (κ3) is 5.25. The molecule has 0 aliphatic rings. The number of hydrogen-bond acceptors (Lipinski definition) is 3. The number of nitrogens with zero attached hydrogens (tertiary/aromatic N) is 2. The standard InChI is InChI=1S/C12H20N2O/c1-6-11(8-13-7-2)14-12(9(3)4)10(5)15/h8H,6-7H2,1-5H3. The van der Waals surface area contributed by atoms with Crippen LogP contribution in [0.5, 0.6) is 0 Å². The van der Waals surface area contributed by atoms with Gasteiger partial charge in [-0.2, -0.15) is 0 Å². The van der Waals surface area contributed by atoms with Gasteiger partial charge in [0.05, 0.1) is 5.71 Å². The monoisotopic (exact) mass is 208 g/mol. The van der Waals surface area contributed by atoms with E-state index < -0.39 is 0 Å². The van der Waals surface area contributed by atoms with Crippen molar-refractivity contribution in [1.82, 2.24) is 0 Å². The van der Waals surface area contributed by atoms with E-state index in [0.717, 1.165) is 24.3 Å². The van der Waals surface area contributed by atoms with Gasteiger partial charge in [-0.3, -0.25) is 9.79 Å². The second-order valence-electron chi connectivity index (χ2n) is 3.49. The van der Waals surface area contributed by atoms with Crippen LogP contribution >= 0.6 is 0 Å². The maximum absolute atomic E-state index is 11.3. The van der Waals surface area contributed by atoms with Crippen molar-refractivity contribution in [2.75, 3.05) is 6.54 Å². The van der Waals surface area contributed by atoms with Gasteiger partial charge in [0.2, 0.25) is 0 Å². The lowest BCUT2D eigenvalue weighted by Gasteiger charge is -2.02. The van der Waals surface area contributed by atoms with Crippen molar-refractivity contribution in [3.63, 3.8) is 0 Å². The fourth-order valence-corrected chi connectivity index (χ4v) is 1.08. The second kappa shape index (κ2) is 7.10. The SMILES string of the molecule is CCN=CC(CC)=NC(C(C)=O)=C(C)C. The first kappa shape index (κ1) is 13.8. The molecule has 0 aromatic rings. The molecule has 0 unspecified atom stereocenters. The summed E-state index contributed by atoms with van der Waals surface area (Å²) in [6, 6.07) is 0. The molecule has 84 valence electrons. The Morgan fingerprint density at radius 1 is 1.20 bits per heavy atom. The van der Waals surface area contributed by atoms with Crippen LogP contribution in [0.1, 0.15) is 41.0 Å². The minimum absolute atomic E-state index is 0.00542. The third-order valence-electron chi connectivity index (χ3n) is 1.85. The van der Waals surface area contributed by atoms with E-state index in [4.69, 9.17) is 0 Å². The Morgan fingerprint density at radius 2 is 1.80 bits per heavy atom. The number of ketones is 1. The average molecular weight is 208 g/mol. The molecule has 3 nitrogen and oxygen atoms in total. The fourth-order valence-electron chi connectivity index (χ4n) is 1.08. The van der Waals surface area contributed by atoms with Crippen LogP contribution in [-0.4, -0.2) is 24.3 Å². The molecule has 0 aliphatic carbocycles. The van der Waals surface area contributed by atoms with E-state index in [-0.39, 0.29) is 5.78 Å². The maximum atomic E-state index is 11.3. The molecule has 0 rings (SSSR count). The molecule has 0 aromatic carbocycles. The Kier molecular flexibility index (Phi) is 6.50. The molecule has 15 heavy (non-hydrogen) atoms. The van der Waals surface area contributed by atoms with Crippen LogP contribution in [0.2, 0.25) is 0 Å². The van der Waals surface area contributed by atoms with Gasteiger partial charge in [0.1, 0.15) is 5.70 Å². The van der Waals surface area contributed by atoms with Gasteiger partial charge < -0.3 is 0 Å². The van der Waals surface area contributed by atoms with Crippen molar-refractivity contribution in [2.24, 2.45) is 9.98 Å². The van der Waals surface area contributed by atoms with Crippen molar-refractivity contribution in [1.29, 1.82) is 0 Å². The highest BCUT2D eigenvalue weighted by atomic mass is 16.1. The van der Waals surface area contributed by atoms with E-state index in [2.05, 4.69) is 9.98 Å². The normalized spacial score (nSPS) is 11.9. The van der Waals surface area contributed by atoms with Crippen molar-refractivity contribution in [3.05, 3.63) is 11.3 Å². The molecule has 0 radical (unpaired) electrons. The van der Waals surface area contributed by atoms with Gasteiger partial charge in [0.25, 0.3) is 0 Å². The lowest BCUT2D eigenvalue weighted by atomic mass is 10.2. The van der Waals surface area contributed by atoms with Gasteiger partial charge >= 0.3 is 0 Å². The molecule has 0 amide bonds. The zero-order valence-electron chi connectivity index (χ0n) is 10.3. The van der Waals surface area contributed by atoms with Gasteiger partial charge in [-0.25, -0.2) is 4.99 Å². The number of carbonyl (C=O) groups is 1. The summed E-state index contributed by atoms with van der Waals surface area (Å²) in [4.78, 5) is 19.8. The Balaban J connectivity index is 5.03. The molecule has 3 heteroatoms. The molecular formula is C12H20N2O. The predicted molar refractivity (Wildman–Crippen MR) is 65.8 cm³/mol. The van der Waals surface area contributed by atoms with Crippen LogP contribution in [0.25, 0.3) is 0 Å².